The fraction of sp³-hybridized carbons (Fsp3) is 0.118. The number of rotatable bonds is 6. The molecule has 10 heteroatoms. The highest BCUT2D eigenvalue weighted by atomic mass is 35.5. The molecule has 2 rings (SSSR count). The van der Waals surface area contributed by atoms with Crippen molar-refractivity contribution in [1.82, 2.24) is 4.98 Å². The van der Waals surface area contributed by atoms with Gasteiger partial charge in [0.05, 0.1) is 11.4 Å². The topological polar surface area (TPSA) is 75.0 Å². The molecule has 1 N–H and O–H groups in total. The molecule has 0 aliphatic carbocycles. The highest BCUT2D eigenvalue weighted by Crippen LogP contribution is 2.34. The molecule has 0 atom stereocenters. The van der Waals surface area contributed by atoms with Gasteiger partial charge in [-0.25, -0.2) is 4.98 Å². The Labute approximate surface area is 162 Å². The summed E-state index contributed by atoms with van der Waals surface area (Å²) in [5.41, 5.74) is -0.582. The fourth-order valence-corrected chi connectivity index (χ4v) is 2.14. The number of nitrogens with one attached hydrogen (secondary N) is 1. The van der Waals surface area contributed by atoms with Crippen molar-refractivity contribution in [2.45, 2.75) is 6.18 Å². The van der Waals surface area contributed by atoms with Crippen LogP contribution >= 0.6 is 23.2 Å². The van der Waals surface area contributed by atoms with Gasteiger partial charge in [-0.15, -0.1) is 11.6 Å². The van der Waals surface area contributed by atoms with Gasteiger partial charge in [-0.05, 0) is 30.3 Å². The van der Waals surface area contributed by atoms with Crippen LogP contribution in [0.4, 0.5) is 18.9 Å². The largest absolute Gasteiger partial charge is 0.438 e. The molecule has 0 saturated heterocycles. The number of benzene rings is 1. The van der Waals surface area contributed by atoms with Crippen LogP contribution in [0.15, 0.2) is 48.3 Å². The molecule has 1 heterocycles. The Balaban J connectivity index is 2.09. The Kier molecular flexibility index (Phi) is 6.66. The summed E-state index contributed by atoms with van der Waals surface area (Å²) in [5.74, 6) is -0.732. The number of hydrogen-bond acceptors (Lipinski definition) is 5. The van der Waals surface area contributed by atoms with Crippen molar-refractivity contribution in [3.8, 4) is 17.7 Å². The van der Waals surface area contributed by atoms with Crippen molar-refractivity contribution in [2.75, 3.05) is 11.2 Å². The molecule has 1 aromatic heterocycles. The average molecular weight is 416 g/mol. The molecule has 0 aliphatic rings. The van der Waals surface area contributed by atoms with Gasteiger partial charge in [-0.3, -0.25) is 4.79 Å². The summed E-state index contributed by atoms with van der Waals surface area (Å²) in [7, 11) is 0. The van der Waals surface area contributed by atoms with Gasteiger partial charge >= 0.3 is 6.18 Å². The van der Waals surface area contributed by atoms with E-state index in [9.17, 15) is 18.0 Å². The van der Waals surface area contributed by atoms with Crippen LogP contribution in [0.2, 0.25) is 5.02 Å². The molecule has 140 valence electrons. The maximum absolute atomic E-state index is 12.6. The Hall–Kier alpha value is -2.76. The van der Waals surface area contributed by atoms with Crippen molar-refractivity contribution in [2.24, 2.45) is 0 Å². The first-order chi connectivity index (χ1) is 12.7. The van der Waals surface area contributed by atoms with E-state index in [4.69, 9.17) is 33.2 Å². The molecule has 0 saturated carbocycles. The molecule has 0 fully saturated rings. The number of nitrogens with zero attached hydrogens (tertiary/aromatic N) is 2. The summed E-state index contributed by atoms with van der Waals surface area (Å²) in [5, 5.41) is 11.3. The quantitative estimate of drug-likeness (QED) is 0.399. The lowest BCUT2D eigenvalue weighted by Crippen LogP contribution is -2.05. The third-order valence-electron chi connectivity index (χ3n) is 3.13. The van der Waals surface area contributed by atoms with E-state index in [1.165, 1.54) is 18.3 Å². The molecule has 1 aromatic carbocycles. The lowest BCUT2D eigenvalue weighted by atomic mass is 10.2. The second-order valence-corrected chi connectivity index (χ2v) is 5.68. The summed E-state index contributed by atoms with van der Waals surface area (Å²) in [6.45, 7) is 0. The monoisotopic (exact) mass is 415 g/mol. The molecule has 2 aromatic rings. The van der Waals surface area contributed by atoms with Gasteiger partial charge in [0, 0.05) is 18.1 Å². The van der Waals surface area contributed by atoms with E-state index in [1.54, 1.807) is 18.2 Å². The first-order valence-corrected chi connectivity index (χ1v) is 8.12. The number of hydrogen-bond donors (Lipinski definition) is 1. The minimum absolute atomic E-state index is 0.133. The number of ketones is 1. The number of aromatic nitrogens is 1. The van der Waals surface area contributed by atoms with Gasteiger partial charge in [0.1, 0.15) is 22.4 Å². The number of carbonyl (C=O) groups is 1. The van der Waals surface area contributed by atoms with E-state index in [1.807, 2.05) is 0 Å². The van der Waals surface area contributed by atoms with Crippen LogP contribution < -0.4 is 10.1 Å². The number of alkyl halides is 4. The Morgan fingerprint density at radius 3 is 2.52 bits per heavy atom. The highest BCUT2D eigenvalue weighted by Gasteiger charge is 2.31. The molecule has 0 unspecified atom stereocenters. The first-order valence-electron chi connectivity index (χ1n) is 7.21. The molecule has 5 nitrogen and oxygen atoms in total. The van der Waals surface area contributed by atoms with E-state index >= 15 is 0 Å². The Bertz CT molecular complexity index is 907. The molecule has 0 radical (unpaired) electrons. The molecule has 0 amide bonds. The van der Waals surface area contributed by atoms with E-state index in [0.29, 0.717) is 11.9 Å². The standard InChI is InChI=1S/C17H10Cl2F3N3O2/c18-6-15(26)10(7-23)8-24-12-1-3-13(4-2-12)27-16-14(19)5-11(9-25-16)17(20,21)22/h1-5,8-9,24H,6H2/b10-8+. The maximum Gasteiger partial charge on any atom is 0.417 e. The lowest BCUT2D eigenvalue weighted by molar-refractivity contribution is -0.137. The number of halogens is 5. The average Bonchev–Trinajstić information content (AvgIpc) is 2.64. The predicted molar refractivity (Wildman–Crippen MR) is 93.8 cm³/mol. The van der Waals surface area contributed by atoms with E-state index in [2.05, 4.69) is 10.3 Å². The predicted octanol–water partition coefficient (Wildman–Crippen LogP) is 5.17. The second-order valence-electron chi connectivity index (χ2n) is 5.01. The van der Waals surface area contributed by atoms with Crippen LogP contribution in [-0.2, 0) is 11.0 Å². The molecule has 0 aliphatic heterocycles. The lowest BCUT2D eigenvalue weighted by Gasteiger charge is -2.10. The second kappa shape index (κ2) is 8.75. The van der Waals surface area contributed by atoms with Crippen molar-refractivity contribution in [1.29, 1.82) is 5.26 Å². The molecule has 0 spiro atoms. The van der Waals surface area contributed by atoms with Gasteiger partial charge in [-0.2, -0.15) is 18.4 Å². The zero-order chi connectivity index (χ0) is 20.0. The van der Waals surface area contributed by atoms with Gasteiger partial charge in [0.15, 0.2) is 5.78 Å². The minimum Gasteiger partial charge on any atom is -0.438 e. The van der Waals surface area contributed by atoms with Crippen molar-refractivity contribution in [3.05, 3.63) is 58.9 Å². The summed E-state index contributed by atoms with van der Waals surface area (Å²) >= 11 is 11.2. The number of nitriles is 1. The summed E-state index contributed by atoms with van der Waals surface area (Å²) < 4.78 is 43.2. The van der Waals surface area contributed by atoms with Crippen LogP contribution in [0.1, 0.15) is 5.56 Å². The summed E-state index contributed by atoms with van der Waals surface area (Å²) in [6.07, 6.45) is -2.71. The van der Waals surface area contributed by atoms with Gasteiger partial charge < -0.3 is 10.1 Å². The number of ether oxygens (including phenoxy) is 1. The van der Waals surface area contributed by atoms with Crippen molar-refractivity contribution < 1.29 is 22.7 Å². The third kappa shape index (κ3) is 5.61. The Morgan fingerprint density at radius 2 is 2.00 bits per heavy atom. The van der Waals surface area contributed by atoms with Crippen LogP contribution in [-0.4, -0.2) is 16.6 Å². The van der Waals surface area contributed by atoms with E-state index in [-0.39, 0.29) is 28.1 Å². The summed E-state index contributed by atoms with van der Waals surface area (Å²) in [6, 6.07) is 8.57. The molecule has 27 heavy (non-hydrogen) atoms. The maximum atomic E-state index is 12.6. The zero-order valence-corrected chi connectivity index (χ0v) is 14.9. The molecular weight excluding hydrogens is 406 g/mol. The van der Waals surface area contributed by atoms with E-state index in [0.717, 1.165) is 6.07 Å². The van der Waals surface area contributed by atoms with Gasteiger partial charge in [0.2, 0.25) is 5.88 Å². The number of pyridine rings is 1. The zero-order valence-electron chi connectivity index (χ0n) is 13.3. The number of Topliss-reactive ketones (excluding diaryl/α,β-unsaturated/α-hetero) is 1. The number of anilines is 1. The minimum atomic E-state index is -4.55. The van der Waals surface area contributed by atoms with Gasteiger partial charge in [0.25, 0.3) is 0 Å². The fourth-order valence-electron chi connectivity index (χ4n) is 1.79. The number of carbonyl (C=O) groups excluding carboxylic acids is 1. The van der Waals surface area contributed by atoms with Gasteiger partial charge in [-0.1, -0.05) is 11.6 Å². The smallest absolute Gasteiger partial charge is 0.417 e. The van der Waals surface area contributed by atoms with Crippen molar-refractivity contribution in [3.63, 3.8) is 0 Å². The molecule has 0 bridgehead atoms. The first kappa shape index (κ1) is 20.6. The van der Waals surface area contributed by atoms with Crippen molar-refractivity contribution >= 4 is 34.7 Å². The molecular formula is C17H10Cl2F3N3O2. The SMILES string of the molecule is N#C/C(=C\Nc1ccc(Oc2ncc(C(F)(F)F)cc2Cl)cc1)C(=O)CCl. The summed E-state index contributed by atoms with van der Waals surface area (Å²) in [4.78, 5) is 14.9. The van der Waals surface area contributed by atoms with Crippen LogP contribution in [0.25, 0.3) is 0 Å². The number of allylic oxidation sites excluding steroid dienone is 1. The van der Waals surface area contributed by atoms with Crippen LogP contribution in [0, 0.1) is 11.3 Å². The normalized spacial score (nSPS) is 11.6. The van der Waals surface area contributed by atoms with E-state index < -0.39 is 17.5 Å². The van der Waals surface area contributed by atoms with Crippen LogP contribution in [0.3, 0.4) is 0 Å². The third-order valence-corrected chi connectivity index (χ3v) is 3.64. The Morgan fingerprint density at radius 1 is 1.33 bits per heavy atom. The highest BCUT2D eigenvalue weighted by molar-refractivity contribution is 6.32. The van der Waals surface area contributed by atoms with Crippen LogP contribution in [0.5, 0.6) is 11.6 Å².